The number of rotatable bonds is 2. The summed E-state index contributed by atoms with van der Waals surface area (Å²) in [5.74, 6) is 0. The van der Waals surface area contributed by atoms with E-state index in [4.69, 9.17) is 0 Å². The summed E-state index contributed by atoms with van der Waals surface area (Å²) in [6.45, 7) is 4.52. The maximum absolute atomic E-state index is 9.75. The number of hydrogen-bond acceptors (Lipinski definition) is 0. The summed E-state index contributed by atoms with van der Waals surface area (Å²) in [4.78, 5) is 0. The van der Waals surface area contributed by atoms with Gasteiger partial charge in [0.25, 0.3) is 0 Å². The Balaban J connectivity index is 0.000000292. The SMILES string of the molecule is C=CC[n+]1ccccc1.F[B-](F)(F)F. The van der Waals surface area contributed by atoms with Crippen LogP contribution in [0.3, 0.4) is 0 Å². The summed E-state index contributed by atoms with van der Waals surface area (Å²) in [6.07, 6.45) is 5.91. The average molecular weight is 207 g/mol. The van der Waals surface area contributed by atoms with Crippen LogP contribution in [-0.2, 0) is 6.54 Å². The molecule has 0 spiro atoms. The van der Waals surface area contributed by atoms with Crippen molar-refractivity contribution in [2.75, 3.05) is 0 Å². The Bertz CT molecular complexity index is 254. The smallest absolute Gasteiger partial charge is 0.418 e. The lowest BCUT2D eigenvalue weighted by molar-refractivity contribution is -0.687. The van der Waals surface area contributed by atoms with Crippen LogP contribution < -0.4 is 4.57 Å². The first-order valence-electron chi connectivity index (χ1n) is 3.86. The minimum Gasteiger partial charge on any atom is -0.418 e. The van der Waals surface area contributed by atoms with Gasteiger partial charge in [-0.1, -0.05) is 12.6 Å². The van der Waals surface area contributed by atoms with E-state index in [1.807, 2.05) is 36.7 Å². The molecular weight excluding hydrogens is 197 g/mol. The molecular formula is C8H10BF4N. The van der Waals surface area contributed by atoms with Crippen LogP contribution in [0.2, 0.25) is 0 Å². The Morgan fingerprint density at radius 2 is 1.50 bits per heavy atom. The molecule has 1 rings (SSSR count). The van der Waals surface area contributed by atoms with E-state index in [9.17, 15) is 17.3 Å². The van der Waals surface area contributed by atoms with Gasteiger partial charge in [-0.3, -0.25) is 0 Å². The van der Waals surface area contributed by atoms with Crippen LogP contribution >= 0.6 is 0 Å². The minimum atomic E-state index is -6.00. The van der Waals surface area contributed by atoms with Gasteiger partial charge < -0.3 is 17.3 Å². The van der Waals surface area contributed by atoms with Crippen molar-refractivity contribution in [1.29, 1.82) is 0 Å². The molecule has 0 saturated carbocycles. The molecule has 0 bridgehead atoms. The molecule has 0 saturated heterocycles. The number of pyridine rings is 1. The highest BCUT2D eigenvalue weighted by Crippen LogP contribution is 2.06. The lowest BCUT2D eigenvalue weighted by Gasteiger charge is -1.94. The highest BCUT2D eigenvalue weighted by molar-refractivity contribution is 6.50. The summed E-state index contributed by atoms with van der Waals surface area (Å²) in [7, 11) is -6.00. The Morgan fingerprint density at radius 3 is 1.86 bits per heavy atom. The normalized spacial score (nSPS) is 10.0. The van der Waals surface area contributed by atoms with Crippen molar-refractivity contribution in [3.05, 3.63) is 43.2 Å². The number of hydrogen-bond donors (Lipinski definition) is 0. The van der Waals surface area contributed by atoms with Crippen molar-refractivity contribution in [3.8, 4) is 0 Å². The van der Waals surface area contributed by atoms with Crippen molar-refractivity contribution in [2.24, 2.45) is 0 Å². The van der Waals surface area contributed by atoms with Gasteiger partial charge in [0.15, 0.2) is 18.9 Å². The third kappa shape index (κ3) is 10.7. The third-order valence-electron chi connectivity index (χ3n) is 1.12. The van der Waals surface area contributed by atoms with E-state index in [0.29, 0.717) is 0 Å². The predicted octanol–water partition coefficient (Wildman–Crippen LogP) is 2.46. The summed E-state index contributed by atoms with van der Waals surface area (Å²) in [5.41, 5.74) is 0. The Morgan fingerprint density at radius 1 is 1.07 bits per heavy atom. The van der Waals surface area contributed by atoms with Gasteiger partial charge in [0.2, 0.25) is 0 Å². The fourth-order valence-corrected chi connectivity index (χ4v) is 0.705. The van der Waals surface area contributed by atoms with E-state index >= 15 is 0 Å². The molecule has 0 aliphatic heterocycles. The van der Waals surface area contributed by atoms with Gasteiger partial charge in [0.05, 0.1) is 0 Å². The van der Waals surface area contributed by atoms with E-state index in [0.717, 1.165) is 6.54 Å². The van der Waals surface area contributed by atoms with Gasteiger partial charge in [-0.2, -0.15) is 0 Å². The van der Waals surface area contributed by atoms with Crippen molar-refractivity contribution >= 4 is 7.25 Å². The van der Waals surface area contributed by atoms with Crippen LogP contribution in [0.25, 0.3) is 0 Å². The highest BCUT2D eigenvalue weighted by atomic mass is 19.5. The number of halogens is 4. The summed E-state index contributed by atoms with van der Waals surface area (Å²) in [6, 6.07) is 6.01. The zero-order valence-corrected chi connectivity index (χ0v) is 7.41. The van der Waals surface area contributed by atoms with Gasteiger partial charge in [-0.15, -0.1) is 0 Å². The van der Waals surface area contributed by atoms with Crippen LogP contribution in [-0.4, -0.2) is 7.25 Å². The number of allylic oxidation sites excluding steroid dienone is 1. The van der Waals surface area contributed by atoms with E-state index in [2.05, 4.69) is 11.1 Å². The Labute approximate surface area is 79.8 Å². The number of aromatic nitrogens is 1. The maximum atomic E-state index is 9.75. The molecule has 1 nitrogen and oxygen atoms in total. The van der Waals surface area contributed by atoms with Crippen molar-refractivity contribution in [2.45, 2.75) is 6.54 Å². The van der Waals surface area contributed by atoms with Gasteiger partial charge in [-0.25, -0.2) is 4.57 Å². The van der Waals surface area contributed by atoms with Crippen LogP contribution in [0.15, 0.2) is 43.2 Å². The monoisotopic (exact) mass is 207 g/mol. The molecule has 0 aliphatic rings. The van der Waals surface area contributed by atoms with Crippen molar-refractivity contribution in [3.63, 3.8) is 0 Å². The molecule has 1 aromatic rings. The Kier molecular flexibility index (Phi) is 5.59. The summed E-state index contributed by atoms with van der Waals surface area (Å²) >= 11 is 0. The Hall–Kier alpha value is -1.33. The first-order valence-corrected chi connectivity index (χ1v) is 3.86. The summed E-state index contributed by atoms with van der Waals surface area (Å²) < 4.78 is 41.1. The molecule has 0 unspecified atom stereocenters. The molecule has 0 amide bonds. The fourth-order valence-electron chi connectivity index (χ4n) is 0.705. The highest BCUT2D eigenvalue weighted by Gasteiger charge is 2.20. The molecule has 1 heterocycles. The predicted molar refractivity (Wildman–Crippen MR) is 47.0 cm³/mol. The first kappa shape index (κ1) is 12.7. The fraction of sp³-hybridized carbons (Fsp3) is 0.125. The second kappa shape index (κ2) is 6.18. The average Bonchev–Trinajstić information content (AvgIpc) is 2.03. The van der Waals surface area contributed by atoms with Crippen LogP contribution in [0.1, 0.15) is 0 Å². The van der Waals surface area contributed by atoms with E-state index in [1.54, 1.807) is 0 Å². The molecule has 1 aromatic heterocycles. The zero-order chi connectivity index (χ0) is 11.0. The van der Waals surface area contributed by atoms with Crippen molar-refractivity contribution < 1.29 is 21.8 Å². The lowest BCUT2D eigenvalue weighted by Crippen LogP contribution is -2.30. The van der Waals surface area contributed by atoms with Crippen LogP contribution in [0, 0.1) is 0 Å². The van der Waals surface area contributed by atoms with E-state index in [-0.39, 0.29) is 0 Å². The molecule has 0 aromatic carbocycles. The topological polar surface area (TPSA) is 3.88 Å². The second-order valence-electron chi connectivity index (χ2n) is 2.36. The lowest BCUT2D eigenvalue weighted by atomic mass is 10.3. The molecule has 0 fully saturated rings. The van der Waals surface area contributed by atoms with Gasteiger partial charge in [0, 0.05) is 12.1 Å². The largest absolute Gasteiger partial charge is 0.673 e. The standard InChI is InChI=1S/C8H10N.BF4/c1-2-6-9-7-4-3-5-8-9;2-1(3,4)5/h2-5,7-8H,1,6H2;/q+1;-1. The molecule has 14 heavy (non-hydrogen) atoms. The molecule has 0 atom stereocenters. The van der Waals surface area contributed by atoms with E-state index in [1.165, 1.54) is 0 Å². The van der Waals surface area contributed by atoms with Crippen LogP contribution in [0.5, 0.6) is 0 Å². The molecule has 0 radical (unpaired) electrons. The van der Waals surface area contributed by atoms with Crippen molar-refractivity contribution in [1.82, 2.24) is 0 Å². The third-order valence-corrected chi connectivity index (χ3v) is 1.12. The molecule has 78 valence electrons. The second-order valence-corrected chi connectivity index (χ2v) is 2.36. The molecule has 6 heteroatoms. The quantitative estimate of drug-likeness (QED) is 0.303. The maximum Gasteiger partial charge on any atom is 0.673 e. The first-order chi connectivity index (χ1) is 6.43. The molecule has 0 N–H and O–H groups in total. The van der Waals surface area contributed by atoms with Gasteiger partial charge in [0.1, 0.15) is 0 Å². The minimum absolute atomic E-state index is 0.890. The number of nitrogens with zero attached hydrogens (tertiary/aromatic N) is 1. The molecule has 0 aliphatic carbocycles. The van der Waals surface area contributed by atoms with Gasteiger partial charge in [-0.05, 0) is 6.08 Å². The van der Waals surface area contributed by atoms with Gasteiger partial charge >= 0.3 is 7.25 Å². The zero-order valence-electron chi connectivity index (χ0n) is 7.41. The van der Waals surface area contributed by atoms with Crippen LogP contribution in [0.4, 0.5) is 17.3 Å². The van der Waals surface area contributed by atoms with E-state index < -0.39 is 7.25 Å². The summed E-state index contributed by atoms with van der Waals surface area (Å²) in [5, 5.41) is 0.